The number of pyridine rings is 1. The molecule has 0 N–H and O–H groups in total. The van der Waals surface area contributed by atoms with Crippen molar-refractivity contribution in [2.24, 2.45) is 0 Å². The maximum atomic E-state index is 7.70. The normalized spacial score (nSPS) is 13.2. The van der Waals surface area contributed by atoms with E-state index in [1.165, 1.54) is 5.56 Å². The van der Waals surface area contributed by atoms with E-state index in [0.717, 1.165) is 60.4 Å². The Morgan fingerprint density at radius 1 is 0.778 bits per heavy atom. The van der Waals surface area contributed by atoms with Crippen molar-refractivity contribution in [3.05, 3.63) is 120 Å². The van der Waals surface area contributed by atoms with Crippen LogP contribution in [0.5, 0.6) is 0 Å². The number of thiophene rings is 1. The molecule has 0 saturated heterocycles. The van der Waals surface area contributed by atoms with Crippen molar-refractivity contribution in [2.45, 2.75) is 13.4 Å². The van der Waals surface area contributed by atoms with Crippen LogP contribution < -0.4 is 0 Å². The first-order valence-electron chi connectivity index (χ1n) is 13.4. The second-order valence-corrected chi connectivity index (χ2v) is 9.91. The smallest absolute Gasteiger partial charge is 0.142 e. The summed E-state index contributed by atoms with van der Waals surface area (Å²) in [6.45, 7) is -1.41. The third-order valence-electron chi connectivity index (χ3n) is 6.65. The first-order valence-corrected chi connectivity index (χ1v) is 12.7. The zero-order valence-electron chi connectivity index (χ0n) is 22.3. The molecule has 3 heterocycles. The highest BCUT2D eigenvalue weighted by atomic mass is 32.1. The molecule has 7 rings (SSSR count). The lowest BCUT2D eigenvalue weighted by molar-refractivity contribution is 0.835. The van der Waals surface area contributed by atoms with Crippen LogP contribution in [0.15, 0.2) is 109 Å². The van der Waals surface area contributed by atoms with Gasteiger partial charge in [-0.15, -0.1) is 11.3 Å². The SMILES string of the molecule is [2H]C([2H])([2H])c1ccc(-c2nccc3c2sc2c(-c4nc5ccccc5n4Cc4ccccc4)cccc23)cc1. The van der Waals surface area contributed by atoms with E-state index in [1.807, 2.05) is 30.5 Å². The van der Waals surface area contributed by atoms with Crippen LogP contribution >= 0.6 is 11.3 Å². The molecule has 7 aromatic rings. The Labute approximate surface area is 217 Å². The highest BCUT2D eigenvalue weighted by Crippen LogP contribution is 2.43. The Morgan fingerprint density at radius 2 is 1.58 bits per heavy atom. The predicted octanol–water partition coefficient (Wildman–Crippen LogP) is 8.49. The quantitative estimate of drug-likeness (QED) is 0.251. The molecule has 0 spiro atoms. The minimum atomic E-state index is -2.13. The Kier molecular flexibility index (Phi) is 4.23. The molecule has 172 valence electrons. The monoisotopic (exact) mass is 484 g/mol. The number of aromatic nitrogens is 3. The van der Waals surface area contributed by atoms with Crippen molar-refractivity contribution in [1.82, 2.24) is 14.5 Å². The molecule has 0 unspecified atom stereocenters. The average molecular weight is 485 g/mol. The fourth-order valence-electron chi connectivity index (χ4n) is 4.94. The third-order valence-corrected chi connectivity index (χ3v) is 7.91. The maximum Gasteiger partial charge on any atom is 0.142 e. The summed E-state index contributed by atoms with van der Waals surface area (Å²) in [5, 5.41) is 2.29. The van der Waals surface area contributed by atoms with E-state index in [4.69, 9.17) is 14.1 Å². The number of hydrogen-bond donors (Lipinski definition) is 0. The summed E-state index contributed by atoms with van der Waals surface area (Å²) in [7, 11) is 0. The van der Waals surface area contributed by atoms with E-state index < -0.39 is 6.85 Å². The molecule has 4 heteroatoms. The van der Waals surface area contributed by atoms with Crippen LogP contribution in [0.3, 0.4) is 0 Å². The lowest BCUT2D eigenvalue weighted by Gasteiger charge is -2.10. The van der Waals surface area contributed by atoms with Gasteiger partial charge in [-0.1, -0.05) is 84.4 Å². The number of fused-ring (bicyclic) bond motifs is 4. The molecule has 0 aliphatic heterocycles. The largest absolute Gasteiger partial charge is 0.319 e. The standard InChI is InChI=1S/C32H23N3S/c1-21-14-16-23(17-15-21)29-31-25(18-19-33-29)24-10-7-11-26(30(24)36-31)32-34-27-12-5-6-13-28(27)35(32)20-22-8-3-2-4-9-22/h2-19H,20H2,1H3/i1D3. The first kappa shape index (κ1) is 18.1. The van der Waals surface area contributed by atoms with Crippen LogP contribution in [0.2, 0.25) is 0 Å². The van der Waals surface area contributed by atoms with Crippen molar-refractivity contribution in [3.63, 3.8) is 0 Å². The van der Waals surface area contributed by atoms with E-state index in [2.05, 4.69) is 71.3 Å². The summed E-state index contributed by atoms with van der Waals surface area (Å²) in [6, 6.07) is 34.3. The summed E-state index contributed by atoms with van der Waals surface area (Å²) in [4.78, 5) is 9.84. The van der Waals surface area contributed by atoms with Gasteiger partial charge >= 0.3 is 0 Å². The highest BCUT2D eigenvalue weighted by molar-refractivity contribution is 7.26. The Hall–Kier alpha value is -4.28. The van der Waals surface area contributed by atoms with E-state index in [1.54, 1.807) is 23.5 Å². The molecule has 0 atom stereocenters. The molecular formula is C32H23N3S. The minimum Gasteiger partial charge on any atom is -0.319 e. The maximum absolute atomic E-state index is 7.70. The van der Waals surface area contributed by atoms with Gasteiger partial charge in [0.05, 0.1) is 21.4 Å². The first-order chi connectivity index (χ1) is 19.0. The van der Waals surface area contributed by atoms with E-state index in [0.29, 0.717) is 5.56 Å². The van der Waals surface area contributed by atoms with Gasteiger partial charge in [0.25, 0.3) is 0 Å². The fraction of sp³-hybridized carbons (Fsp3) is 0.0625. The molecule has 0 fully saturated rings. The van der Waals surface area contributed by atoms with Gasteiger partial charge in [0, 0.05) is 43.5 Å². The third kappa shape index (κ3) is 3.42. The molecule has 3 aromatic heterocycles. The summed E-state index contributed by atoms with van der Waals surface area (Å²) in [5.74, 6) is 0.939. The van der Waals surface area contributed by atoms with Crippen LogP contribution in [0.1, 0.15) is 15.2 Å². The second kappa shape index (κ2) is 8.43. The average Bonchev–Trinajstić information content (AvgIpc) is 3.52. The second-order valence-electron chi connectivity index (χ2n) is 8.89. The van der Waals surface area contributed by atoms with Gasteiger partial charge in [-0.3, -0.25) is 4.98 Å². The van der Waals surface area contributed by atoms with Crippen LogP contribution in [0, 0.1) is 6.85 Å². The lowest BCUT2D eigenvalue weighted by Crippen LogP contribution is -2.02. The molecule has 0 saturated carbocycles. The van der Waals surface area contributed by atoms with Gasteiger partial charge in [0.2, 0.25) is 0 Å². The topological polar surface area (TPSA) is 30.7 Å². The molecule has 3 nitrogen and oxygen atoms in total. The summed E-state index contributed by atoms with van der Waals surface area (Å²) in [6.07, 6.45) is 1.83. The van der Waals surface area contributed by atoms with E-state index >= 15 is 0 Å². The van der Waals surface area contributed by atoms with Gasteiger partial charge in [0.1, 0.15) is 5.82 Å². The Balaban J connectivity index is 1.43. The van der Waals surface area contributed by atoms with Crippen molar-refractivity contribution in [1.29, 1.82) is 0 Å². The van der Waals surface area contributed by atoms with Crippen molar-refractivity contribution in [2.75, 3.05) is 0 Å². The number of para-hydroxylation sites is 2. The van der Waals surface area contributed by atoms with E-state index in [-0.39, 0.29) is 0 Å². The van der Waals surface area contributed by atoms with Gasteiger partial charge in [-0.2, -0.15) is 0 Å². The molecule has 36 heavy (non-hydrogen) atoms. The molecule has 0 aliphatic rings. The number of rotatable bonds is 4. The fourth-order valence-corrected chi connectivity index (χ4v) is 6.26. The van der Waals surface area contributed by atoms with Gasteiger partial charge in [-0.25, -0.2) is 4.98 Å². The van der Waals surface area contributed by atoms with Crippen LogP contribution in [0.4, 0.5) is 0 Å². The zero-order chi connectivity index (χ0) is 26.6. The summed E-state index contributed by atoms with van der Waals surface area (Å²) < 4.78 is 27.6. The Morgan fingerprint density at radius 3 is 2.44 bits per heavy atom. The predicted molar refractivity (Wildman–Crippen MR) is 152 cm³/mol. The number of hydrogen-bond acceptors (Lipinski definition) is 3. The van der Waals surface area contributed by atoms with Crippen molar-refractivity contribution < 1.29 is 4.11 Å². The molecule has 0 aliphatic carbocycles. The molecular weight excluding hydrogens is 458 g/mol. The lowest BCUT2D eigenvalue weighted by atomic mass is 10.1. The minimum absolute atomic E-state index is 0.328. The van der Waals surface area contributed by atoms with Gasteiger partial charge < -0.3 is 4.57 Å². The number of nitrogens with zero attached hydrogens (tertiary/aromatic N) is 3. The zero-order valence-corrected chi connectivity index (χ0v) is 20.2. The molecule has 4 aromatic carbocycles. The van der Waals surface area contributed by atoms with Crippen LogP contribution in [0.25, 0.3) is 53.9 Å². The molecule has 0 bridgehead atoms. The van der Waals surface area contributed by atoms with Crippen LogP contribution in [-0.4, -0.2) is 14.5 Å². The van der Waals surface area contributed by atoms with Gasteiger partial charge in [0.15, 0.2) is 0 Å². The van der Waals surface area contributed by atoms with Gasteiger partial charge in [-0.05, 0) is 36.7 Å². The van der Waals surface area contributed by atoms with E-state index in [9.17, 15) is 0 Å². The molecule has 0 radical (unpaired) electrons. The molecule has 0 amide bonds. The van der Waals surface area contributed by atoms with Crippen molar-refractivity contribution in [3.8, 4) is 22.6 Å². The van der Waals surface area contributed by atoms with Crippen molar-refractivity contribution >= 4 is 42.5 Å². The summed E-state index contributed by atoms with van der Waals surface area (Å²) >= 11 is 1.71. The van der Waals surface area contributed by atoms with Crippen LogP contribution in [-0.2, 0) is 6.54 Å². The number of aryl methyl sites for hydroxylation is 1. The number of benzene rings is 4. The highest BCUT2D eigenvalue weighted by Gasteiger charge is 2.19. The number of imidazole rings is 1. The summed E-state index contributed by atoms with van der Waals surface area (Å²) in [5.41, 5.74) is 6.47. The Bertz CT molecular complexity index is 1970.